The number of hydrogen-bond donors (Lipinski definition) is 2. The van der Waals surface area contributed by atoms with E-state index in [2.05, 4.69) is 20.6 Å². The fraction of sp³-hybridized carbons (Fsp3) is 0.111. The number of benzene rings is 2. The van der Waals surface area contributed by atoms with Gasteiger partial charge in [-0.2, -0.15) is 0 Å². The Hall–Kier alpha value is -3.62. The van der Waals surface area contributed by atoms with Crippen LogP contribution in [0.1, 0.15) is 12.5 Å². The first-order chi connectivity index (χ1) is 13.0. The average molecular weight is 371 g/mol. The van der Waals surface area contributed by atoms with Crippen LogP contribution in [0.25, 0.3) is 0 Å². The number of hydrogen-bond acceptors (Lipinski definition) is 6. The molecule has 0 amide bonds. The number of rotatable bonds is 6. The van der Waals surface area contributed by atoms with Crippen molar-refractivity contribution < 1.29 is 13.7 Å². The van der Waals surface area contributed by atoms with Gasteiger partial charge in [0.2, 0.25) is 11.6 Å². The first kappa shape index (κ1) is 18.2. The zero-order valence-corrected chi connectivity index (χ0v) is 14.2. The summed E-state index contributed by atoms with van der Waals surface area (Å²) in [4.78, 5) is 18.6. The van der Waals surface area contributed by atoms with Crippen molar-refractivity contribution in [3.8, 4) is 0 Å². The Labute approximate surface area is 153 Å². The van der Waals surface area contributed by atoms with E-state index in [0.29, 0.717) is 11.8 Å². The highest BCUT2D eigenvalue weighted by Crippen LogP contribution is 2.33. The number of nitrogens with one attached hydrogen (secondary N) is 2. The lowest BCUT2D eigenvalue weighted by molar-refractivity contribution is -0.383. The van der Waals surface area contributed by atoms with E-state index in [1.165, 1.54) is 0 Å². The molecule has 0 unspecified atom stereocenters. The van der Waals surface area contributed by atoms with E-state index in [0.717, 1.165) is 30.4 Å². The molecular formula is C18H15F2N5O2. The summed E-state index contributed by atoms with van der Waals surface area (Å²) >= 11 is 0. The Morgan fingerprint density at radius 2 is 1.70 bits per heavy atom. The highest BCUT2D eigenvalue weighted by Gasteiger charge is 2.24. The summed E-state index contributed by atoms with van der Waals surface area (Å²) in [5.41, 5.74) is 1.12. The molecule has 0 spiro atoms. The van der Waals surface area contributed by atoms with Crippen molar-refractivity contribution in [3.05, 3.63) is 76.1 Å². The highest BCUT2D eigenvalue weighted by atomic mass is 19.1. The molecule has 1 heterocycles. The first-order valence-electron chi connectivity index (χ1n) is 8.05. The number of nitrogens with zero attached hydrogens (tertiary/aromatic N) is 3. The number of halogens is 2. The van der Waals surface area contributed by atoms with Crippen molar-refractivity contribution in [2.45, 2.75) is 13.3 Å². The van der Waals surface area contributed by atoms with E-state index < -0.39 is 22.2 Å². The zero-order chi connectivity index (χ0) is 19.4. The maximum absolute atomic E-state index is 13.9. The molecule has 9 heteroatoms. The lowest BCUT2D eigenvalue weighted by Gasteiger charge is -2.11. The molecule has 0 saturated heterocycles. The van der Waals surface area contributed by atoms with Crippen LogP contribution in [0, 0.1) is 21.7 Å². The fourth-order valence-corrected chi connectivity index (χ4v) is 2.41. The van der Waals surface area contributed by atoms with Crippen LogP contribution in [0.2, 0.25) is 0 Å². The van der Waals surface area contributed by atoms with Gasteiger partial charge in [0.25, 0.3) is 0 Å². The third-order valence-corrected chi connectivity index (χ3v) is 3.81. The minimum atomic E-state index is -0.896. The molecule has 1 aromatic heterocycles. The van der Waals surface area contributed by atoms with Gasteiger partial charge in [0.05, 0.1) is 10.6 Å². The van der Waals surface area contributed by atoms with E-state index in [9.17, 15) is 18.9 Å². The molecule has 3 rings (SSSR count). The maximum Gasteiger partial charge on any atom is 0.353 e. The van der Waals surface area contributed by atoms with Crippen molar-refractivity contribution >= 4 is 28.7 Å². The topological polar surface area (TPSA) is 93.0 Å². The predicted octanol–water partition coefficient (Wildman–Crippen LogP) is 4.71. The van der Waals surface area contributed by atoms with Crippen molar-refractivity contribution in [1.82, 2.24) is 9.97 Å². The largest absolute Gasteiger partial charge is 0.353 e. The monoisotopic (exact) mass is 371 g/mol. The molecule has 7 nitrogen and oxygen atoms in total. The second-order valence-corrected chi connectivity index (χ2v) is 5.60. The molecule has 0 atom stereocenters. The zero-order valence-electron chi connectivity index (χ0n) is 14.2. The average Bonchev–Trinajstić information content (AvgIpc) is 2.64. The highest BCUT2D eigenvalue weighted by molar-refractivity contribution is 5.76. The number of aromatic nitrogens is 2. The van der Waals surface area contributed by atoms with Gasteiger partial charge in [-0.3, -0.25) is 10.1 Å². The first-order valence-corrected chi connectivity index (χ1v) is 8.05. The minimum absolute atomic E-state index is 0.0516. The van der Waals surface area contributed by atoms with Crippen molar-refractivity contribution in [2.24, 2.45) is 0 Å². The van der Waals surface area contributed by atoms with Gasteiger partial charge >= 0.3 is 5.69 Å². The third-order valence-electron chi connectivity index (χ3n) is 3.81. The fourth-order valence-electron chi connectivity index (χ4n) is 2.41. The molecule has 0 fully saturated rings. The molecule has 0 bridgehead atoms. The van der Waals surface area contributed by atoms with Crippen molar-refractivity contribution in [3.63, 3.8) is 0 Å². The maximum atomic E-state index is 13.9. The van der Waals surface area contributed by atoms with Gasteiger partial charge in [0, 0.05) is 11.8 Å². The van der Waals surface area contributed by atoms with Gasteiger partial charge < -0.3 is 10.6 Å². The van der Waals surface area contributed by atoms with Gasteiger partial charge in [0.1, 0.15) is 18.0 Å². The summed E-state index contributed by atoms with van der Waals surface area (Å²) in [6, 6.07) is 10.2. The van der Waals surface area contributed by atoms with E-state index >= 15 is 0 Å². The van der Waals surface area contributed by atoms with Crippen LogP contribution in [0.15, 0.2) is 48.8 Å². The second kappa shape index (κ2) is 7.73. The molecule has 0 saturated carbocycles. The standard InChI is InChI=1S/C18H15F2N5O2/c1-2-11-3-6-13(7-4-11)23-17-16(25(26)27)18(22-10-21-17)24-15-8-5-12(19)9-14(15)20/h3-10H,2H2,1H3,(H2,21,22,23,24). The predicted molar refractivity (Wildman–Crippen MR) is 97.4 cm³/mol. The van der Waals surface area contributed by atoms with Crippen LogP contribution in [-0.2, 0) is 6.42 Å². The summed E-state index contributed by atoms with van der Waals surface area (Å²) in [7, 11) is 0. The van der Waals surface area contributed by atoms with Crippen LogP contribution in [0.3, 0.4) is 0 Å². The summed E-state index contributed by atoms with van der Waals surface area (Å²) < 4.78 is 26.9. The molecular weight excluding hydrogens is 356 g/mol. The normalized spacial score (nSPS) is 10.5. The second-order valence-electron chi connectivity index (χ2n) is 5.60. The Morgan fingerprint density at radius 3 is 2.30 bits per heavy atom. The lowest BCUT2D eigenvalue weighted by atomic mass is 10.1. The number of nitro groups is 1. The molecule has 0 radical (unpaired) electrons. The summed E-state index contributed by atoms with van der Waals surface area (Å²) in [5, 5.41) is 16.9. The van der Waals surface area contributed by atoms with E-state index in [-0.39, 0.29) is 17.3 Å². The quantitative estimate of drug-likeness (QED) is 0.481. The lowest BCUT2D eigenvalue weighted by Crippen LogP contribution is -2.06. The summed E-state index contributed by atoms with van der Waals surface area (Å²) in [6.07, 6.45) is 1.98. The van der Waals surface area contributed by atoms with Gasteiger partial charge in [-0.05, 0) is 36.2 Å². The molecule has 3 aromatic rings. The Balaban J connectivity index is 1.95. The summed E-state index contributed by atoms with van der Waals surface area (Å²) in [5.74, 6) is -1.92. The van der Waals surface area contributed by atoms with Gasteiger partial charge in [-0.15, -0.1) is 0 Å². The van der Waals surface area contributed by atoms with Crippen LogP contribution in [0.5, 0.6) is 0 Å². The van der Waals surface area contributed by atoms with Crippen LogP contribution < -0.4 is 10.6 Å². The van der Waals surface area contributed by atoms with E-state index in [1.54, 1.807) is 12.1 Å². The molecule has 2 aromatic carbocycles. The van der Waals surface area contributed by atoms with Crippen molar-refractivity contribution in [2.75, 3.05) is 10.6 Å². The number of anilines is 4. The Bertz CT molecular complexity index is 980. The van der Waals surface area contributed by atoms with Gasteiger partial charge in [-0.1, -0.05) is 19.1 Å². The smallest absolute Gasteiger partial charge is 0.334 e. The van der Waals surface area contributed by atoms with Crippen LogP contribution in [0.4, 0.5) is 37.5 Å². The molecule has 2 N–H and O–H groups in total. The van der Waals surface area contributed by atoms with E-state index in [4.69, 9.17) is 0 Å². The Kier molecular flexibility index (Phi) is 5.20. The SMILES string of the molecule is CCc1ccc(Nc2ncnc(Nc3ccc(F)cc3F)c2[N+](=O)[O-])cc1. The summed E-state index contributed by atoms with van der Waals surface area (Å²) in [6.45, 7) is 2.02. The number of aryl methyl sites for hydroxylation is 1. The molecule has 27 heavy (non-hydrogen) atoms. The molecule has 0 aliphatic rings. The van der Waals surface area contributed by atoms with Crippen LogP contribution >= 0.6 is 0 Å². The third kappa shape index (κ3) is 4.14. The minimum Gasteiger partial charge on any atom is -0.334 e. The van der Waals surface area contributed by atoms with Crippen molar-refractivity contribution in [1.29, 1.82) is 0 Å². The van der Waals surface area contributed by atoms with Gasteiger partial charge in [-0.25, -0.2) is 18.7 Å². The molecule has 138 valence electrons. The Morgan fingerprint density at radius 1 is 1.04 bits per heavy atom. The van der Waals surface area contributed by atoms with E-state index in [1.807, 2.05) is 19.1 Å². The van der Waals surface area contributed by atoms with Crippen LogP contribution in [-0.4, -0.2) is 14.9 Å². The van der Waals surface area contributed by atoms with Gasteiger partial charge in [0.15, 0.2) is 0 Å². The molecule has 0 aliphatic heterocycles. The molecule has 0 aliphatic carbocycles.